The van der Waals surface area contributed by atoms with Crippen LogP contribution in [0.1, 0.15) is 35.3 Å². The van der Waals surface area contributed by atoms with Gasteiger partial charge in [-0.05, 0) is 43.5 Å². The highest BCUT2D eigenvalue weighted by atomic mass is 32.1. The van der Waals surface area contributed by atoms with Crippen LogP contribution in [0.2, 0.25) is 0 Å². The van der Waals surface area contributed by atoms with E-state index in [2.05, 4.69) is 15.4 Å². The van der Waals surface area contributed by atoms with Crippen LogP contribution in [0.4, 0.5) is 5.69 Å². The zero-order chi connectivity index (χ0) is 19.6. The molecule has 0 atom stereocenters. The van der Waals surface area contributed by atoms with Crippen LogP contribution in [-0.2, 0) is 12.6 Å². The van der Waals surface area contributed by atoms with Gasteiger partial charge in [0.2, 0.25) is 0 Å². The van der Waals surface area contributed by atoms with E-state index < -0.39 is 5.60 Å². The summed E-state index contributed by atoms with van der Waals surface area (Å²) in [4.78, 5) is 17.7. The molecule has 2 aromatic carbocycles. The van der Waals surface area contributed by atoms with Gasteiger partial charge in [0.25, 0.3) is 5.91 Å². The molecule has 1 amide bonds. The van der Waals surface area contributed by atoms with Crippen molar-refractivity contribution in [1.29, 1.82) is 0 Å². The SMILES string of the molecule is Cn1nc(C(=O)Nc2cccc3scnc23)c2c1-c1ccccc1OC21CCC1. The number of para-hydroxylation sites is 2. The van der Waals surface area contributed by atoms with Crippen molar-refractivity contribution in [2.45, 2.75) is 24.9 Å². The molecule has 2 aromatic heterocycles. The zero-order valence-corrected chi connectivity index (χ0v) is 16.6. The smallest absolute Gasteiger partial charge is 0.276 e. The minimum Gasteiger partial charge on any atom is -0.482 e. The molecular formula is C22H18N4O2S. The van der Waals surface area contributed by atoms with Gasteiger partial charge in [-0.2, -0.15) is 5.10 Å². The molecule has 144 valence electrons. The Hall–Kier alpha value is -3.19. The third-order valence-corrected chi connectivity index (χ3v) is 6.73. The van der Waals surface area contributed by atoms with E-state index in [4.69, 9.17) is 4.74 Å². The van der Waals surface area contributed by atoms with Crippen molar-refractivity contribution in [3.05, 3.63) is 59.2 Å². The first kappa shape index (κ1) is 16.7. The second-order valence-corrected chi connectivity index (χ2v) is 8.49. The maximum atomic E-state index is 13.3. The van der Waals surface area contributed by atoms with E-state index in [0.29, 0.717) is 11.4 Å². The molecule has 7 heteroatoms. The summed E-state index contributed by atoms with van der Waals surface area (Å²) in [7, 11) is 1.89. The van der Waals surface area contributed by atoms with Crippen LogP contribution < -0.4 is 10.1 Å². The van der Waals surface area contributed by atoms with Crippen molar-refractivity contribution < 1.29 is 9.53 Å². The number of carbonyl (C=O) groups excluding carboxylic acids is 1. The van der Waals surface area contributed by atoms with Crippen molar-refractivity contribution in [3.8, 4) is 17.0 Å². The number of benzene rings is 2. The molecule has 1 saturated carbocycles. The predicted octanol–water partition coefficient (Wildman–Crippen LogP) is 4.72. The van der Waals surface area contributed by atoms with E-state index >= 15 is 0 Å². The van der Waals surface area contributed by atoms with Gasteiger partial charge in [-0.1, -0.05) is 18.2 Å². The average molecular weight is 402 g/mol. The van der Waals surface area contributed by atoms with E-state index in [0.717, 1.165) is 52.0 Å². The number of thiazole rings is 1. The van der Waals surface area contributed by atoms with Crippen LogP contribution in [0, 0.1) is 0 Å². The Balaban J connectivity index is 1.49. The molecule has 1 fully saturated rings. The number of hydrogen-bond acceptors (Lipinski definition) is 5. The van der Waals surface area contributed by atoms with Gasteiger partial charge in [0.05, 0.1) is 27.2 Å². The number of aryl methyl sites for hydroxylation is 1. The van der Waals surface area contributed by atoms with E-state index in [1.807, 2.05) is 54.2 Å². The summed E-state index contributed by atoms with van der Waals surface area (Å²) < 4.78 is 9.30. The van der Waals surface area contributed by atoms with Crippen LogP contribution in [0.3, 0.4) is 0 Å². The lowest BCUT2D eigenvalue weighted by atomic mass is 9.71. The lowest BCUT2D eigenvalue weighted by Gasteiger charge is -2.45. The third-order valence-electron chi connectivity index (χ3n) is 5.94. The number of rotatable bonds is 2. The summed E-state index contributed by atoms with van der Waals surface area (Å²) in [5.41, 5.74) is 6.13. The number of ether oxygens (including phenoxy) is 1. The Labute approximate surface area is 171 Å². The molecule has 6 rings (SSSR count). The third kappa shape index (κ3) is 2.31. The molecule has 1 aliphatic carbocycles. The van der Waals surface area contributed by atoms with E-state index in [9.17, 15) is 4.79 Å². The fraction of sp³-hybridized carbons (Fsp3) is 0.227. The van der Waals surface area contributed by atoms with Gasteiger partial charge in [-0.15, -0.1) is 11.3 Å². The van der Waals surface area contributed by atoms with Crippen LogP contribution in [0.5, 0.6) is 5.75 Å². The Morgan fingerprint density at radius 2 is 2.07 bits per heavy atom. The summed E-state index contributed by atoms with van der Waals surface area (Å²) in [6.45, 7) is 0. The molecule has 0 radical (unpaired) electrons. The molecule has 2 aliphatic rings. The van der Waals surface area contributed by atoms with Gasteiger partial charge in [0.15, 0.2) is 5.69 Å². The Bertz CT molecular complexity index is 1290. The summed E-state index contributed by atoms with van der Waals surface area (Å²) in [5.74, 6) is 0.638. The predicted molar refractivity (Wildman–Crippen MR) is 112 cm³/mol. The van der Waals surface area contributed by atoms with Gasteiger partial charge in [0.1, 0.15) is 16.9 Å². The molecule has 29 heavy (non-hydrogen) atoms. The molecule has 4 aromatic rings. The Morgan fingerprint density at radius 3 is 2.90 bits per heavy atom. The largest absolute Gasteiger partial charge is 0.482 e. The minimum atomic E-state index is -0.461. The Morgan fingerprint density at radius 1 is 1.21 bits per heavy atom. The monoisotopic (exact) mass is 402 g/mol. The van der Waals surface area contributed by atoms with Crippen LogP contribution in [0.15, 0.2) is 48.0 Å². The van der Waals surface area contributed by atoms with Gasteiger partial charge in [-0.25, -0.2) is 4.98 Å². The van der Waals surface area contributed by atoms with Crippen molar-refractivity contribution in [2.24, 2.45) is 7.05 Å². The quantitative estimate of drug-likeness (QED) is 0.527. The van der Waals surface area contributed by atoms with Gasteiger partial charge in [-0.3, -0.25) is 9.48 Å². The van der Waals surface area contributed by atoms with Crippen molar-refractivity contribution in [2.75, 3.05) is 5.32 Å². The topological polar surface area (TPSA) is 69.0 Å². The number of anilines is 1. The normalized spacial score (nSPS) is 16.0. The molecule has 0 unspecified atom stereocenters. The zero-order valence-electron chi connectivity index (χ0n) is 15.8. The van der Waals surface area contributed by atoms with Crippen LogP contribution in [-0.4, -0.2) is 20.7 Å². The van der Waals surface area contributed by atoms with Crippen molar-refractivity contribution in [3.63, 3.8) is 0 Å². The maximum absolute atomic E-state index is 13.3. The first-order valence-electron chi connectivity index (χ1n) is 9.66. The van der Waals surface area contributed by atoms with Gasteiger partial charge < -0.3 is 10.1 Å². The number of nitrogens with one attached hydrogen (secondary N) is 1. The molecular weight excluding hydrogens is 384 g/mol. The fourth-order valence-corrected chi connectivity index (χ4v) is 5.16. The second kappa shape index (κ2) is 5.90. The number of amides is 1. The average Bonchev–Trinajstić information content (AvgIpc) is 3.32. The highest BCUT2D eigenvalue weighted by Crippen LogP contribution is 2.54. The van der Waals surface area contributed by atoms with Gasteiger partial charge >= 0.3 is 0 Å². The number of fused-ring (bicyclic) bond motifs is 5. The Kier molecular flexibility index (Phi) is 3.41. The summed E-state index contributed by atoms with van der Waals surface area (Å²) in [6.07, 6.45) is 2.86. The highest BCUT2D eigenvalue weighted by molar-refractivity contribution is 7.16. The molecule has 6 nitrogen and oxygen atoms in total. The molecule has 1 N–H and O–H groups in total. The fourth-order valence-electron chi connectivity index (χ4n) is 4.46. The summed E-state index contributed by atoms with van der Waals surface area (Å²) in [6, 6.07) is 13.8. The maximum Gasteiger partial charge on any atom is 0.276 e. The molecule has 0 bridgehead atoms. The molecule has 1 spiro atoms. The number of carbonyl (C=O) groups is 1. The van der Waals surface area contributed by atoms with Gasteiger partial charge in [0, 0.05) is 12.6 Å². The van der Waals surface area contributed by atoms with Crippen LogP contribution >= 0.6 is 11.3 Å². The lowest BCUT2D eigenvalue weighted by molar-refractivity contribution is -0.0150. The summed E-state index contributed by atoms with van der Waals surface area (Å²) in [5, 5.41) is 7.67. The second-order valence-electron chi connectivity index (χ2n) is 7.60. The number of aromatic nitrogens is 3. The standard InChI is InChI=1S/C22H18N4O2S/c1-26-20-13-6-2-3-8-15(13)28-22(10-5-11-22)17(20)19(25-26)21(27)24-14-7-4-9-16-18(14)23-12-29-16/h2-4,6-9,12H,5,10-11H2,1H3,(H,24,27). The molecule has 0 saturated heterocycles. The lowest BCUT2D eigenvalue weighted by Crippen LogP contribution is -2.43. The molecule has 1 aliphatic heterocycles. The highest BCUT2D eigenvalue weighted by Gasteiger charge is 2.50. The van der Waals surface area contributed by atoms with Crippen molar-refractivity contribution in [1.82, 2.24) is 14.8 Å². The first-order chi connectivity index (χ1) is 14.2. The molecule has 3 heterocycles. The number of hydrogen-bond donors (Lipinski definition) is 1. The van der Waals surface area contributed by atoms with E-state index in [1.165, 1.54) is 0 Å². The first-order valence-corrected chi connectivity index (χ1v) is 10.5. The summed E-state index contributed by atoms with van der Waals surface area (Å²) >= 11 is 1.55. The van der Waals surface area contributed by atoms with Crippen molar-refractivity contribution >= 4 is 33.1 Å². The minimum absolute atomic E-state index is 0.225. The number of nitrogens with zero attached hydrogens (tertiary/aromatic N) is 3. The van der Waals surface area contributed by atoms with Crippen LogP contribution in [0.25, 0.3) is 21.5 Å². The van der Waals surface area contributed by atoms with E-state index in [1.54, 1.807) is 16.8 Å². The van der Waals surface area contributed by atoms with E-state index in [-0.39, 0.29) is 5.91 Å².